The molecule has 0 unspecified atom stereocenters. The van der Waals surface area contributed by atoms with Crippen LogP contribution in [0.5, 0.6) is 0 Å². The van der Waals surface area contributed by atoms with Crippen LogP contribution < -0.4 is 5.32 Å². The van der Waals surface area contributed by atoms with Gasteiger partial charge in [-0.25, -0.2) is 4.98 Å². The lowest BCUT2D eigenvalue weighted by molar-refractivity contribution is 0.0953. The molecule has 1 amide bonds. The van der Waals surface area contributed by atoms with Crippen molar-refractivity contribution in [3.8, 4) is 0 Å². The number of hydrogen-bond donors (Lipinski definition) is 2. The molecular weight excluding hydrogens is 328 g/mol. The second-order valence-electron chi connectivity index (χ2n) is 5.21. The highest BCUT2D eigenvalue weighted by molar-refractivity contribution is 7.99. The largest absolute Gasteiger partial charge is 0.396 e. The van der Waals surface area contributed by atoms with E-state index in [4.69, 9.17) is 5.11 Å². The Morgan fingerprint density at radius 2 is 2.04 bits per heavy atom. The van der Waals surface area contributed by atoms with Gasteiger partial charge in [-0.1, -0.05) is 0 Å². The Bertz CT molecular complexity index is 619. The summed E-state index contributed by atoms with van der Waals surface area (Å²) in [5.74, 6) is 0.622. The van der Waals surface area contributed by atoms with E-state index < -0.39 is 0 Å². The average Bonchev–Trinajstić information content (AvgIpc) is 2.88. The summed E-state index contributed by atoms with van der Waals surface area (Å²) in [6.45, 7) is 4.92. The first kappa shape index (κ1) is 18.0. The van der Waals surface area contributed by atoms with Gasteiger partial charge in [0.15, 0.2) is 0 Å². The highest BCUT2D eigenvalue weighted by Crippen LogP contribution is 2.18. The van der Waals surface area contributed by atoms with Gasteiger partial charge in [-0.3, -0.25) is 4.79 Å². The van der Waals surface area contributed by atoms with E-state index in [1.165, 1.54) is 4.88 Å². The van der Waals surface area contributed by atoms with Gasteiger partial charge in [0.1, 0.15) is 0 Å². The Balaban J connectivity index is 1.73. The van der Waals surface area contributed by atoms with Crippen LogP contribution in [0, 0.1) is 13.8 Å². The number of aliphatic hydroxyl groups excluding tert-OH is 1. The predicted octanol–water partition coefficient (Wildman–Crippen LogP) is 3.21. The zero-order chi connectivity index (χ0) is 16.7. The number of aliphatic hydroxyl groups is 1. The Labute approximate surface area is 145 Å². The number of rotatable bonds is 8. The van der Waals surface area contributed by atoms with E-state index in [2.05, 4.69) is 17.2 Å². The summed E-state index contributed by atoms with van der Waals surface area (Å²) in [5, 5.41) is 12.9. The number of nitrogens with zero attached hydrogens (tertiary/aromatic N) is 1. The van der Waals surface area contributed by atoms with Crippen molar-refractivity contribution < 1.29 is 9.90 Å². The van der Waals surface area contributed by atoms with E-state index in [1.54, 1.807) is 23.1 Å². The quantitative estimate of drug-likeness (QED) is 0.567. The number of aromatic nitrogens is 1. The molecule has 2 N–H and O–H groups in total. The number of thioether (sulfide) groups is 1. The number of hydrogen-bond acceptors (Lipinski definition) is 5. The maximum Gasteiger partial charge on any atom is 0.251 e. The summed E-state index contributed by atoms with van der Waals surface area (Å²) in [6.07, 6.45) is 1.79. The molecule has 124 valence electrons. The third kappa shape index (κ3) is 5.64. The third-order valence-electron chi connectivity index (χ3n) is 3.40. The van der Waals surface area contributed by atoms with E-state index in [0.717, 1.165) is 28.4 Å². The van der Waals surface area contributed by atoms with Crippen LogP contribution in [-0.2, 0) is 6.42 Å². The minimum absolute atomic E-state index is 0.0461. The van der Waals surface area contributed by atoms with Gasteiger partial charge in [0.25, 0.3) is 5.91 Å². The second kappa shape index (κ2) is 9.05. The molecule has 0 saturated heterocycles. The second-order valence-corrected chi connectivity index (χ2v) is 7.66. The minimum atomic E-state index is -0.0461. The van der Waals surface area contributed by atoms with Crippen molar-refractivity contribution >= 4 is 29.0 Å². The van der Waals surface area contributed by atoms with Crippen LogP contribution in [0.2, 0.25) is 0 Å². The van der Waals surface area contributed by atoms with Crippen molar-refractivity contribution in [3.63, 3.8) is 0 Å². The van der Waals surface area contributed by atoms with E-state index in [0.29, 0.717) is 17.9 Å². The van der Waals surface area contributed by atoms with Crippen LogP contribution in [0.15, 0.2) is 29.2 Å². The molecule has 0 atom stereocenters. The SMILES string of the molecule is Cc1nc(CCCNC(=O)c2ccc(SCCO)cc2)sc1C. The van der Waals surface area contributed by atoms with E-state index in [1.807, 2.05) is 31.2 Å². The van der Waals surface area contributed by atoms with Gasteiger partial charge in [-0.05, 0) is 44.5 Å². The Hall–Kier alpha value is -1.37. The molecule has 4 nitrogen and oxygen atoms in total. The first-order chi connectivity index (χ1) is 11.1. The van der Waals surface area contributed by atoms with Crippen LogP contribution in [0.1, 0.15) is 32.4 Å². The van der Waals surface area contributed by atoms with Crippen LogP contribution in [0.3, 0.4) is 0 Å². The predicted molar refractivity (Wildman–Crippen MR) is 96.5 cm³/mol. The van der Waals surface area contributed by atoms with Gasteiger partial charge in [-0.2, -0.15) is 0 Å². The van der Waals surface area contributed by atoms with Gasteiger partial charge in [0.2, 0.25) is 0 Å². The molecule has 0 aliphatic carbocycles. The Kier molecular flexibility index (Phi) is 7.08. The topological polar surface area (TPSA) is 62.2 Å². The smallest absolute Gasteiger partial charge is 0.251 e. The van der Waals surface area contributed by atoms with Crippen molar-refractivity contribution in [1.82, 2.24) is 10.3 Å². The van der Waals surface area contributed by atoms with Crippen molar-refractivity contribution in [2.45, 2.75) is 31.6 Å². The van der Waals surface area contributed by atoms with Gasteiger partial charge in [0.05, 0.1) is 17.3 Å². The van der Waals surface area contributed by atoms with Gasteiger partial charge < -0.3 is 10.4 Å². The van der Waals surface area contributed by atoms with Crippen LogP contribution in [0.25, 0.3) is 0 Å². The highest BCUT2D eigenvalue weighted by Gasteiger charge is 2.06. The van der Waals surface area contributed by atoms with Crippen molar-refractivity contribution in [3.05, 3.63) is 45.4 Å². The number of carbonyl (C=O) groups excluding carboxylic acids is 1. The zero-order valence-electron chi connectivity index (χ0n) is 13.5. The molecule has 0 saturated carbocycles. The molecule has 0 spiro atoms. The summed E-state index contributed by atoms with van der Waals surface area (Å²) in [4.78, 5) is 18.9. The maximum absolute atomic E-state index is 12.1. The molecule has 0 bridgehead atoms. The zero-order valence-corrected chi connectivity index (χ0v) is 15.1. The van der Waals surface area contributed by atoms with Crippen molar-refractivity contribution in [2.75, 3.05) is 18.9 Å². The average molecular weight is 351 g/mol. The minimum Gasteiger partial charge on any atom is -0.396 e. The molecule has 1 heterocycles. The summed E-state index contributed by atoms with van der Waals surface area (Å²) < 4.78 is 0. The lowest BCUT2D eigenvalue weighted by Crippen LogP contribution is -2.24. The van der Waals surface area contributed by atoms with Gasteiger partial charge in [-0.15, -0.1) is 23.1 Å². The Morgan fingerprint density at radius 1 is 1.30 bits per heavy atom. The van der Waals surface area contributed by atoms with E-state index in [-0.39, 0.29) is 12.5 Å². The fourth-order valence-electron chi connectivity index (χ4n) is 2.06. The van der Waals surface area contributed by atoms with Crippen molar-refractivity contribution in [2.24, 2.45) is 0 Å². The van der Waals surface area contributed by atoms with Crippen LogP contribution in [0.4, 0.5) is 0 Å². The molecule has 0 fully saturated rings. The number of benzene rings is 1. The summed E-state index contributed by atoms with van der Waals surface area (Å²) >= 11 is 3.31. The van der Waals surface area contributed by atoms with E-state index >= 15 is 0 Å². The van der Waals surface area contributed by atoms with Gasteiger partial charge >= 0.3 is 0 Å². The van der Waals surface area contributed by atoms with Crippen molar-refractivity contribution in [1.29, 1.82) is 0 Å². The van der Waals surface area contributed by atoms with Crippen LogP contribution in [-0.4, -0.2) is 34.9 Å². The summed E-state index contributed by atoms with van der Waals surface area (Å²) in [6, 6.07) is 7.47. The molecule has 2 aromatic rings. The Morgan fingerprint density at radius 3 is 2.65 bits per heavy atom. The first-order valence-electron chi connectivity index (χ1n) is 7.65. The number of aryl methyl sites for hydroxylation is 3. The number of amides is 1. The number of thiazole rings is 1. The first-order valence-corrected chi connectivity index (χ1v) is 9.45. The summed E-state index contributed by atoms with van der Waals surface area (Å²) in [5.41, 5.74) is 1.77. The molecular formula is C17H22N2O2S2. The molecule has 23 heavy (non-hydrogen) atoms. The van der Waals surface area contributed by atoms with Crippen LogP contribution >= 0.6 is 23.1 Å². The lowest BCUT2D eigenvalue weighted by atomic mass is 10.2. The summed E-state index contributed by atoms with van der Waals surface area (Å²) in [7, 11) is 0. The highest BCUT2D eigenvalue weighted by atomic mass is 32.2. The molecule has 6 heteroatoms. The lowest BCUT2D eigenvalue weighted by Gasteiger charge is -2.05. The molecule has 0 radical (unpaired) electrons. The maximum atomic E-state index is 12.1. The number of nitrogens with one attached hydrogen (secondary N) is 1. The fourth-order valence-corrected chi connectivity index (χ4v) is 3.69. The number of carbonyl (C=O) groups is 1. The normalized spacial score (nSPS) is 10.7. The molecule has 2 rings (SSSR count). The molecule has 0 aliphatic rings. The standard InChI is InChI=1S/C17H22N2O2S2/c1-12-13(2)23-16(19-12)4-3-9-18-17(21)14-5-7-15(8-6-14)22-11-10-20/h5-8,20H,3-4,9-11H2,1-2H3,(H,18,21). The molecule has 0 aliphatic heterocycles. The monoisotopic (exact) mass is 350 g/mol. The fraction of sp³-hybridized carbons (Fsp3) is 0.412. The van der Waals surface area contributed by atoms with E-state index in [9.17, 15) is 4.79 Å². The third-order valence-corrected chi connectivity index (χ3v) is 5.53. The molecule has 1 aromatic carbocycles. The van der Waals surface area contributed by atoms with Gasteiger partial charge in [0, 0.05) is 34.1 Å². The molecule has 1 aromatic heterocycles.